The van der Waals surface area contributed by atoms with E-state index in [2.05, 4.69) is 10.4 Å². The third-order valence-corrected chi connectivity index (χ3v) is 2.46. The second kappa shape index (κ2) is 8.00. The van der Waals surface area contributed by atoms with Crippen molar-refractivity contribution in [3.05, 3.63) is 28.2 Å². The number of aromatic nitrogens is 2. The molecule has 0 unspecified atom stereocenters. The molecule has 0 radical (unpaired) electrons. The second-order valence-corrected chi connectivity index (χ2v) is 4.62. The number of hydrogen-bond donors (Lipinski definition) is 1. The van der Waals surface area contributed by atoms with Gasteiger partial charge >= 0.3 is 0 Å². The molecule has 1 aromatic heterocycles. The van der Waals surface area contributed by atoms with Crippen LogP contribution in [0, 0.1) is 6.92 Å². The molecule has 0 aliphatic heterocycles. The maximum absolute atomic E-state index is 11.5. The Balaban J connectivity index is 2.13. The summed E-state index contributed by atoms with van der Waals surface area (Å²) in [6.45, 7) is 8.94. The zero-order valence-electron chi connectivity index (χ0n) is 11.5. The minimum atomic E-state index is -0.0417. The Morgan fingerprint density at radius 1 is 1.44 bits per heavy atom. The van der Waals surface area contributed by atoms with E-state index in [4.69, 9.17) is 4.74 Å². The highest BCUT2D eigenvalue weighted by molar-refractivity contribution is 5.02. The van der Waals surface area contributed by atoms with Crippen molar-refractivity contribution in [3.63, 3.8) is 0 Å². The molecule has 0 bridgehead atoms. The Hall–Kier alpha value is -1.20. The lowest BCUT2D eigenvalue weighted by Gasteiger charge is -2.08. The van der Waals surface area contributed by atoms with Crippen molar-refractivity contribution in [1.29, 1.82) is 0 Å². The molecule has 18 heavy (non-hydrogen) atoms. The topological polar surface area (TPSA) is 56.1 Å². The largest absolute Gasteiger partial charge is 0.379 e. The summed E-state index contributed by atoms with van der Waals surface area (Å²) in [5, 5.41) is 7.34. The lowest BCUT2D eigenvalue weighted by Crippen LogP contribution is -2.29. The maximum Gasteiger partial charge on any atom is 0.267 e. The van der Waals surface area contributed by atoms with Gasteiger partial charge in [0.15, 0.2) is 0 Å². The smallest absolute Gasteiger partial charge is 0.267 e. The minimum absolute atomic E-state index is 0.0417. The molecule has 1 rings (SSSR count). The minimum Gasteiger partial charge on any atom is -0.379 e. The molecule has 0 aromatic carbocycles. The predicted octanol–water partition coefficient (Wildman–Crippen LogP) is 0.956. The van der Waals surface area contributed by atoms with E-state index >= 15 is 0 Å². The quantitative estimate of drug-likeness (QED) is 0.701. The van der Waals surface area contributed by atoms with Crippen molar-refractivity contribution in [2.24, 2.45) is 0 Å². The van der Waals surface area contributed by atoms with Crippen molar-refractivity contribution in [3.8, 4) is 0 Å². The molecule has 0 aliphatic carbocycles. The molecule has 0 fully saturated rings. The Kier molecular flexibility index (Phi) is 6.60. The van der Waals surface area contributed by atoms with Crippen LogP contribution in [0.5, 0.6) is 0 Å². The number of aryl methyl sites for hydroxylation is 1. The van der Waals surface area contributed by atoms with E-state index in [0.717, 1.165) is 31.7 Å². The van der Waals surface area contributed by atoms with Crippen LogP contribution in [-0.2, 0) is 11.3 Å². The molecule has 1 aromatic rings. The molecule has 0 saturated heterocycles. The fraction of sp³-hybridized carbons (Fsp3) is 0.692. The first-order valence-corrected chi connectivity index (χ1v) is 6.45. The second-order valence-electron chi connectivity index (χ2n) is 4.62. The number of hydrogen-bond acceptors (Lipinski definition) is 4. The highest BCUT2D eigenvalue weighted by atomic mass is 16.5. The van der Waals surface area contributed by atoms with Crippen LogP contribution < -0.4 is 10.9 Å². The molecule has 1 N–H and O–H groups in total. The van der Waals surface area contributed by atoms with Gasteiger partial charge in [-0.1, -0.05) is 0 Å². The van der Waals surface area contributed by atoms with Crippen LogP contribution >= 0.6 is 0 Å². The first kappa shape index (κ1) is 14.9. The molecule has 0 spiro atoms. The van der Waals surface area contributed by atoms with E-state index in [1.807, 2.05) is 20.8 Å². The zero-order chi connectivity index (χ0) is 13.4. The molecule has 0 atom stereocenters. The highest BCUT2D eigenvalue weighted by Gasteiger charge is 1.97. The molecular formula is C13H23N3O2. The summed E-state index contributed by atoms with van der Waals surface area (Å²) in [4.78, 5) is 11.5. The Morgan fingerprint density at radius 3 is 2.89 bits per heavy atom. The van der Waals surface area contributed by atoms with Crippen molar-refractivity contribution in [2.45, 2.75) is 39.8 Å². The lowest BCUT2D eigenvalue weighted by molar-refractivity contribution is 0.0771. The Bertz CT molecular complexity index is 401. The van der Waals surface area contributed by atoms with Crippen LogP contribution in [0.2, 0.25) is 0 Å². The van der Waals surface area contributed by atoms with Gasteiger partial charge < -0.3 is 10.1 Å². The van der Waals surface area contributed by atoms with Gasteiger partial charge in [0.05, 0.1) is 18.8 Å². The SMILES string of the molecule is Cc1cnn(CCNCCCOC(C)C)c(=O)c1. The summed E-state index contributed by atoms with van der Waals surface area (Å²) in [5.41, 5.74) is 0.856. The lowest BCUT2D eigenvalue weighted by atomic mass is 10.3. The van der Waals surface area contributed by atoms with Gasteiger partial charge in [0.2, 0.25) is 0 Å². The number of rotatable bonds is 8. The predicted molar refractivity (Wildman–Crippen MR) is 71.8 cm³/mol. The normalized spacial score (nSPS) is 11.1. The van der Waals surface area contributed by atoms with E-state index in [9.17, 15) is 4.79 Å². The van der Waals surface area contributed by atoms with Crippen LogP contribution in [0.3, 0.4) is 0 Å². The van der Waals surface area contributed by atoms with Gasteiger partial charge in [0, 0.05) is 19.2 Å². The van der Waals surface area contributed by atoms with Gasteiger partial charge in [0.1, 0.15) is 0 Å². The van der Waals surface area contributed by atoms with E-state index in [1.54, 1.807) is 12.3 Å². The van der Waals surface area contributed by atoms with Crippen LogP contribution in [0.15, 0.2) is 17.1 Å². The third-order valence-electron chi connectivity index (χ3n) is 2.46. The number of nitrogens with zero attached hydrogens (tertiary/aromatic N) is 2. The first-order chi connectivity index (χ1) is 8.59. The van der Waals surface area contributed by atoms with E-state index in [1.165, 1.54) is 4.68 Å². The molecule has 1 heterocycles. The Morgan fingerprint density at radius 2 is 2.22 bits per heavy atom. The maximum atomic E-state index is 11.5. The van der Waals surface area contributed by atoms with Crippen molar-refractivity contribution >= 4 is 0 Å². The summed E-state index contributed by atoms with van der Waals surface area (Å²) in [5.74, 6) is 0. The van der Waals surface area contributed by atoms with Crippen molar-refractivity contribution in [1.82, 2.24) is 15.1 Å². The summed E-state index contributed by atoms with van der Waals surface area (Å²) < 4.78 is 6.91. The van der Waals surface area contributed by atoms with Gasteiger partial charge in [-0.25, -0.2) is 4.68 Å². The zero-order valence-corrected chi connectivity index (χ0v) is 11.5. The van der Waals surface area contributed by atoms with Gasteiger partial charge in [0.25, 0.3) is 5.56 Å². The molecular weight excluding hydrogens is 230 g/mol. The molecule has 5 nitrogen and oxygen atoms in total. The summed E-state index contributed by atoms with van der Waals surface area (Å²) in [6, 6.07) is 1.60. The summed E-state index contributed by atoms with van der Waals surface area (Å²) in [6.07, 6.45) is 2.98. The molecule has 102 valence electrons. The van der Waals surface area contributed by atoms with Crippen LogP contribution in [0.1, 0.15) is 25.8 Å². The van der Waals surface area contributed by atoms with Crippen molar-refractivity contribution < 1.29 is 4.74 Å². The Labute approximate surface area is 108 Å². The van der Waals surface area contributed by atoms with E-state index in [-0.39, 0.29) is 5.56 Å². The molecule has 0 amide bonds. The molecule has 0 saturated carbocycles. The van der Waals surface area contributed by atoms with Gasteiger partial charge in [-0.15, -0.1) is 0 Å². The highest BCUT2D eigenvalue weighted by Crippen LogP contribution is 1.89. The fourth-order valence-electron chi connectivity index (χ4n) is 1.52. The number of nitrogens with one attached hydrogen (secondary N) is 1. The van der Waals surface area contributed by atoms with Gasteiger partial charge in [-0.3, -0.25) is 4.79 Å². The van der Waals surface area contributed by atoms with Crippen LogP contribution in [-0.4, -0.2) is 35.6 Å². The van der Waals surface area contributed by atoms with Gasteiger partial charge in [-0.05, 0) is 39.3 Å². The summed E-state index contributed by atoms with van der Waals surface area (Å²) >= 11 is 0. The average Bonchev–Trinajstić information content (AvgIpc) is 2.30. The average molecular weight is 253 g/mol. The van der Waals surface area contributed by atoms with E-state index in [0.29, 0.717) is 12.6 Å². The van der Waals surface area contributed by atoms with Crippen molar-refractivity contribution in [2.75, 3.05) is 19.7 Å². The first-order valence-electron chi connectivity index (χ1n) is 6.45. The number of ether oxygens (including phenoxy) is 1. The monoisotopic (exact) mass is 253 g/mol. The van der Waals surface area contributed by atoms with Gasteiger partial charge in [-0.2, -0.15) is 5.10 Å². The standard InChI is InChI=1S/C13H23N3O2/c1-11(2)18-8-4-5-14-6-7-16-13(17)9-12(3)10-15-16/h9-11,14H,4-8H2,1-3H3. The molecule has 0 aliphatic rings. The van der Waals surface area contributed by atoms with Crippen LogP contribution in [0.25, 0.3) is 0 Å². The third kappa shape index (κ3) is 5.93. The fourth-order valence-corrected chi connectivity index (χ4v) is 1.52. The molecule has 5 heteroatoms. The van der Waals surface area contributed by atoms with Crippen LogP contribution in [0.4, 0.5) is 0 Å². The summed E-state index contributed by atoms with van der Waals surface area (Å²) in [7, 11) is 0. The van der Waals surface area contributed by atoms with E-state index < -0.39 is 0 Å².